The Morgan fingerprint density at radius 1 is 0.362 bits per heavy atom. The highest BCUT2D eigenvalue weighted by Crippen LogP contribution is 2.41. The molecule has 3 aliphatic carbocycles. The number of hydrogen-bond acceptors (Lipinski definition) is 19. The summed E-state index contributed by atoms with van der Waals surface area (Å²) >= 11 is 0. The molecule has 127 heavy (non-hydrogen) atoms. The Labute approximate surface area is 736 Å². The molecule has 658 valence electrons. The molecule has 4 aliphatic rings. The monoisotopic (exact) mass is 1720 g/mol. The summed E-state index contributed by atoms with van der Waals surface area (Å²) in [4.78, 5) is 98.7. The van der Waals surface area contributed by atoms with Crippen LogP contribution in [0.1, 0.15) is 236 Å². The van der Waals surface area contributed by atoms with Crippen LogP contribution in [0.5, 0.6) is 0 Å². The topological polar surface area (TPSA) is 477 Å². The van der Waals surface area contributed by atoms with E-state index in [4.69, 9.17) is 54.7 Å². The molecule has 1 unspecified atom stereocenters. The van der Waals surface area contributed by atoms with Crippen molar-refractivity contribution in [1.29, 1.82) is 0 Å². The van der Waals surface area contributed by atoms with E-state index < -0.39 is 23.7 Å². The van der Waals surface area contributed by atoms with Crippen molar-refractivity contribution in [3.8, 4) is 45.0 Å². The van der Waals surface area contributed by atoms with Crippen molar-refractivity contribution < 1.29 is 52.9 Å². The van der Waals surface area contributed by atoms with Gasteiger partial charge < -0.3 is 76.0 Å². The van der Waals surface area contributed by atoms with Gasteiger partial charge in [-0.25, -0.2) is 23.5 Å². The van der Waals surface area contributed by atoms with Crippen molar-refractivity contribution in [1.82, 2.24) is 60.4 Å². The number of anilines is 4. The highest BCUT2D eigenvalue weighted by molar-refractivity contribution is 6.06. The standard InChI is InChI=1S/C26H30N4O3.C25H29N5O3.C23H25N5O3.C23H25N5O2/c1-3-33-26(32)22-23(29-30(24(22)27)20-9-5-6-10-20)19-14-12-18(13-15-19)16-28-25(31)21-11-7-4-8-17(21)2;1-15-4-2-3-5-20(15)25(33)28-14-16-6-8-17(9-7-16)22-21(24(27)32)23(26)30(29-22)18-10-12-19(31)13-11-18;1-14-4-2-3-5-18(14)23(30)26-12-15-6-8-16(9-7-15)20-19(22(25)29)21(24)28(27-20)17-10-11-31-13-17;1-14-5-2-3-8-18(14)23(30)26-13-15-9-11-16(12-10-15)20-19(22(25)29)21(24)28(27-20)17-6-4-7-17/h4,7-8,11-15,20H,3,5-6,9-10,16,27H2,1-2H3,(H,28,31);2-9,18-19,31H,10-14,26H2,1H3,(H2,27,32)(H,28,33);2-9,17H,10-13,24H2,1H3,(H2,25,29)(H,26,30);2-3,5,8-12,17H,4,6-7,13,24H2,1H3,(H2,25,29)(H,26,30). The minimum absolute atomic E-state index is 0.0113. The lowest BCUT2D eigenvalue weighted by molar-refractivity contribution is 0.0527. The number of amides is 7. The second kappa shape index (κ2) is 41.3. The third-order valence-corrected chi connectivity index (χ3v) is 23.6. The lowest BCUT2D eigenvalue weighted by atomic mass is 9.93. The highest BCUT2D eigenvalue weighted by atomic mass is 16.5. The summed E-state index contributed by atoms with van der Waals surface area (Å²) in [5.74, 6) is -1.54. The van der Waals surface area contributed by atoms with Gasteiger partial charge in [0.15, 0.2) is 0 Å². The van der Waals surface area contributed by atoms with E-state index in [1.165, 1.54) is 0 Å². The number of aryl methyl sites for hydroxylation is 4. The Morgan fingerprint density at radius 3 is 0.890 bits per heavy atom. The van der Waals surface area contributed by atoms with Gasteiger partial charge in [-0.1, -0.05) is 183 Å². The fourth-order valence-corrected chi connectivity index (χ4v) is 16.2. The third kappa shape index (κ3) is 21.3. The molecule has 1 atom stereocenters. The quantitative estimate of drug-likeness (QED) is 0.0236. The number of nitrogen functional groups attached to an aromatic ring is 4. The van der Waals surface area contributed by atoms with E-state index in [1.54, 1.807) is 37.8 Å². The molecule has 3 saturated carbocycles. The second-order valence-electron chi connectivity index (χ2n) is 32.3. The number of primary amides is 3. The van der Waals surface area contributed by atoms with Crippen LogP contribution in [0.25, 0.3) is 45.0 Å². The lowest BCUT2D eigenvalue weighted by Gasteiger charge is -2.26. The number of aromatic nitrogens is 8. The molecule has 1 aliphatic heterocycles. The maximum atomic E-state index is 12.7. The maximum Gasteiger partial charge on any atom is 0.344 e. The smallest absolute Gasteiger partial charge is 0.344 e. The number of nitrogens with two attached hydrogens (primary N) is 7. The van der Waals surface area contributed by atoms with E-state index in [0.29, 0.717) is 114 Å². The van der Waals surface area contributed by atoms with Crippen molar-refractivity contribution in [3.05, 3.63) is 283 Å². The number of nitrogens with zero attached hydrogens (tertiary/aromatic N) is 8. The molecule has 5 heterocycles. The number of aliphatic hydroxyl groups is 1. The van der Waals surface area contributed by atoms with E-state index >= 15 is 0 Å². The molecule has 0 bridgehead atoms. The number of carbonyl (C=O) groups is 8. The van der Waals surface area contributed by atoms with E-state index in [9.17, 15) is 43.5 Å². The number of esters is 1. The molecule has 19 N–H and O–H groups in total. The number of nitrogens with one attached hydrogen (secondary N) is 4. The zero-order valence-electron chi connectivity index (χ0n) is 71.9. The Morgan fingerprint density at radius 2 is 0.630 bits per heavy atom. The second-order valence-corrected chi connectivity index (χ2v) is 32.3. The summed E-state index contributed by atoms with van der Waals surface area (Å²) in [5, 5.41) is 40.1. The largest absolute Gasteiger partial charge is 0.462 e. The van der Waals surface area contributed by atoms with Gasteiger partial charge in [0.2, 0.25) is 0 Å². The highest BCUT2D eigenvalue weighted by Gasteiger charge is 2.34. The van der Waals surface area contributed by atoms with Crippen LogP contribution in [0.4, 0.5) is 23.3 Å². The summed E-state index contributed by atoms with van der Waals surface area (Å²) < 4.78 is 17.5. The lowest BCUT2D eigenvalue weighted by Crippen LogP contribution is -2.23. The molecular formula is C97H109N19O11. The van der Waals surface area contributed by atoms with Crippen molar-refractivity contribution in [2.24, 2.45) is 17.2 Å². The maximum absolute atomic E-state index is 12.7. The van der Waals surface area contributed by atoms with E-state index in [1.807, 2.05) is 210 Å². The number of aliphatic hydroxyl groups excluding tert-OH is 1. The third-order valence-electron chi connectivity index (χ3n) is 23.6. The number of rotatable bonds is 25. The zero-order chi connectivity index (χ0) is 90.1. The summed E-state index contributed by atoms with van der Waals surface area (Å²) in [6.45, 7) is 12.4. The molecule has 16 rings (SSSR count). The van der Waals surface area contributed by atoms with Gasteiger partial charge in [0, 0.05) is 77.3 Å². The van der Waals surface area contributed by atoms with Crippen LogP contribution >= 0.6 is 0 Å². The Hall–Kier alpha value is -14.5. The van der Waals surface area contributed by atoms with Gasteiger partial charge in [-0.15, -0.1) is 0 Å². The van der Waals surface area contributed by atoms with Crippen molar-refractivity contribution in [3.63, 3.8) is 0 Å². The normalized spacial score (nSPS) is 15.3. The first-order valence-electron chi connectivity index (χ1n) is 42.8. The molecule has 8 aromatic carbocycles. The average Bonchev–Trinajstić information content (AvgIpc) is 1.64. The zero-order valence-corrected chi connectivity index (χ0v) is 71.9. The van der Waals surface area contributed by atoms with Crippen LogP contribution < -0.4 is 61.4 Å². The van der Waals surface area contributed by atoms with Gasteiger partial charge in [0.25, 0.3) is 41.4 Å². The molecule has 30 nitrogen and oxygen atoms in total. The van der Waals surface area contributed by atoms with Gasteiger partial charge in [0.05, 0.1) is 43.5 Å². The summed E-state index contributed by atoms with van der Waals surface area (Å²) in [6.07, 6.45) is 10.7. The van der Waals surface area contributed by atoms with E-state index in [0.717, 1.165) is 131 Å². The molecular weight excluding hydrogens is 1610 g/mol. The fraction of sp³-hybridized carbons (Fsp3) is 0.299. The van der Waals surface area contributed by atoms with Crippen molar-refractivity contribution in [2.45, 2.75) is 168 Å². The van der Waals surface area contributed by atoms with Gasteiger partial charge in [0.1, 0.15) is 68.3 Å². The number of carbonyl (C=O) groups excluding carboxylic acids is 8. The molecule has 0 spiro atoms. The van der Waals surface area contributed by atoms with Crippen LogP contribution in [-0.2, 0) is 35.7 Å². The van der Waals surface area contributed by atoms with Crippen molar-refractivity contribution in [2.75, 3.05) is 42.8 Å². The van der Waals surface area contributed by atoms with Crippen LogP contribution in [0.3, 0.4) is 0 Å². The number of hydrogen-bond donors (Lipinski definition) is 12. The first kappa shape index (κ1) is 90.2. The summed E-state index contributed by atoms with van der Waals surface area (Å²) in [6, 6.07) is 60.4. The number of ether oxygens (including phenoxy) is 2. The Balaban J connectivity index is 0.000000145. The molecule has 0 radical (unpaired) electrons. The predicted molar refractivity (Wildman–Crippen MR) is 488 cm³/mol. The van der Waals surface area contributed by atoms with Crippen LogP contribution in [-0.4, -0.2) is 117 Å². The van der Waals surface area contributed by atoms with Crippen LogP contribution in [0.15, 0.2) is 194 Å². The number of benzene rings is 8. The molecule has 4 fully saturated rings. The molecule has 30 heteroatoms. The van der Waals surface area contributed by atoms with Crippen molar-refractivity contribution >= 4 is 70.6 Å². The van der Waals surface area contributed by atoms with E-state index in [2.05, 4.69) is 36.6 Å². The van der Waals surface area contributed by atoms with Gasteiger partial charge >= 0.3 is 5.97 Å². The van der Waals surface area contributed by atoms with E-state index in [-0.39, 0.29) is 88.8 Å². The van der Waals surface area contributed by atoms with Crippen LogP contribution in [0, 0.1) is 27.7 Å². The fourth-order valence-electron chi connectivity index (χ4n) is 16.2. The first-order chi connectivity index (χ1) is 61.2. The van der Waals surface area contributed by atoms with Gasteiger partial charge in [-0.05, 0) is 168 Å². The molecule has 4 aromatic heterocycles. The SMILES string of the molecule is CCOC(=O)c1c(-c2ccc(CNC(=O)c3ccccc3C)cc2)nn(C2CCCC2)c1N.Cc1ccccc1C(=O)NCc1ccc(-c2nn(C3CCC(O)CC3)c(N)c2C(N)=O)cc1.Cc1ccccc1C(=O)NCc1ccc(-c2nn(C3CCC3)c(N)c2C(N)=O)cc1.Cc1ccccc1C(=O)NCc1ccc(-c2nn(C3CCOC3)c(N)c2C(N)=O)cc1. The Bertz CT molecular complexity index is 5970. The average molecular weight is 1720 g/mol. The Kier molecular flexibility index (Phi) is 29.3. The minimum Gasteiger partial charge on any atom is -0.462 e. The van der Waals surface area contributed by atoms with Gasteiger partial charge in [-0.3, -0.25) is 33.6 Å². The summed E-state index contributed by atoms with van der Waals surface area (Å²) in [7, 11) is 0. The molecule has 12 aromatic rings. The molecule has 1 saturated heterocycles. The minimum atomic E-state index is -0.626. The summed E-state index contributed by atoms with van der Waals surface area (Å²) in [5.41, 5.74) is 57.9. The van der Waals surface area contributed by atoms with Gasteiger partial charge in [-0.2, -0.15) is 20.4 Å². The predicted octanol–water partition coefficient (Wildman–Crippen LogP) is 13.2. The molecule has 7 amide bonds. The van der Waals surface area contributed by atoms with Crippen LogP contribution in [0.2, 0.25) is 0 Å². The first-order valence-corrected chi connectivity index (χ1v) is 42.8.